The molecule has 1 aromatic heterocycles. The van der Waals surface area contributed by atoms with Crippen LogP contribution in [-0.2, 0) is 9.84 Å². The molecule has 19 heavy (non-hydrogen) atoms. The molecule has 0 aromatic carbocycles. The monoisotopic (exact) mass is 311 g/mol. The van der Waals surface area contributed by atoms with E-state index < -0.39 is 28.4 Å². The molecule has 9 heteroatoms. The van der Waals surface area contributed by atoms with Crippen LogP contribution in [0, 0.1) is 0 Å². The van der Waals surface area contributed by atoms with E-state index in [1.165, 1.54) is 11.4 Å². The molecular formula is C10H11F2NO4S2. The van der Waals surface area contributed by atoms with Gasteiger partial charge in [0.05, 0.1) is 11.5 Å². The normalized spacial score (nSPS) is 21.5. The predicted octanol–water partition coefficient (Wildman–Crippen LogP) is 1.27. The molecule has 1 aliphatic rings. The fourth-order valence-electron chi connectivity index (χ4n) is 1.81. The van der Waals surface area contributed by atoms with Gasteiger partial charge in [-0.15, -0.1) is 11.3 Å². The largest absolute Gasteiger partial charge is 0.433 e. The molecule has 0 saturated carbocycles. The second-order valence-corrected chi connectivity index (χ2v) is 7.21. The highest BCUT2D eigenvalue weighted by Crippen LogP contribution is 2.26. The van der Waals surface area contributed by atoms with E-state index in [0.717, 1.165) is 11.3 Å². The summed E-state index contributed by atoms with van der Waals surface area (Å²) in [5.41, 5.74) is 0. The van der Waals surface area contributed by atoms with Crippen LogP contribution >= 0.6 is 11.3 Å². The minimum absolute atomic E-state index is 0.0181. The van der Waals surface area contributed by atoms with Crippen LogP contribution in [0.3, 0.4) is 0 Å². The number of alkyl halides is 2. The van der Waals surface area contributed by atoms with Crippen LogP contribution < -0.4 is 10.1 Å². The van der Waals surface area contributed by atoms with E-state index in [4.69, 9.17) is 0 Å². The smallest absolute Gasteiger partial charge is 0.387 e. The van der Waals surface area contributed by atoms with Crippen LogP contribution in [0.4, 0.5) is 8.78 Å². The third-order valence-corrected chi connectivity index (χ3v) is 5.28. The Labute approximate surface area is 112 Å². The summed E-state index contributed by atoms with van der Waals surface area (Å²) in [6, 6.07) is 0.802. The van der Waals surface area contributed by atoms with Crippen molar-refractivity contribution in [1.82, 2.24) is 5.32 Å². The third-order valence-electron chi connectivity index (χ3n) is 2.62. The molecule has 2 rings (SSSR count). The topological polar surface area (TPSA) is 72.5 Å². The van der Waals surface area contributed by atoms with E-state index in [1.807, 2.05) is 0 Å². The lowest BCUT2D eigenvalue weighted by Crippen LogP contribution is -2.35. The van der Waals surface area contributed by atoms with E-state index in [9.17, 15) is 22.0 Å². The van der Waals surface area contributed by atoms with Crippen molar-refractivity contribution in [2.24, 2.45) is 0 Å². The molecule has 1 aliphatic heterocycles. The van der Waals surface area contributed by atoms with Gasteiger partial charge in [0.1, 0.15) is 10.6 Å². The first-order valence-electron chi connectivity index (χ1n) is 5.41. The van der Waals surface area contributed by atoms with Crippen LogP contribution in [0.1, 0.15) is 16.1 Å². The Bertz CT molecular complexity index is 570. The average molecular weight is 311 g/mol. The second-order valence-electron chi connectivity index (χ2n) is 4.07. The molecule has 0 spiro atoms. The van der Waals surface area contributed by atoms with Gasteiger partial charge in [-0.25, -0.2) is 8.42 Å². The van der Waals surface area contributed by atoms with Crippen molar-refractivity contribution in [3.8, 4) is 5.75 Å². The highest BCUT2D eigenvalue weighted by molar-refractivity contribution is 7.91. The Hall–Kier alpha value is -1.22. The van der Waals surface area contributed by atoms with Crippen molar-refractivity contribution < 1.29 is 26.7 Å². The van der Waals surface area contributed by atoms with Crippen LogP contribution in [0.25, 0.3) is 0 Å². The lowest BCUT2D eigenvalue weighted by atomic mass is 10.2. The molecule has 0 radical (unpaired) electrons. The average Bonchev–Trinajstić information content (AvgIpc) is 2.84. The fourth-order valence-corrected chi connectivity index (χ4v) is 4.21. The van der Waals surface area contributed by atoms with Gasteiger partial charge in [0.15, 0.2) is 9.84 Å². The van der Waals surface area contributed by atoms with E-state index >= 15 is 0 Å². The predicted molar refractivity (Wildman–Crippen MR) is 65.5 cm³/mol. The maximum atomic E-state index is 12.1. The second kappa shape index (κ2) is 5.41. The zero-order chi connectivity index (χ0) is 14.0. The number of carbonyl (C=O) groups excluding carboxylic acids is 1. The zero-order valence-corrected chi connectivity index (χ0v) is 11.3. The first-order chi connectivity index (χ1) is 8.87. The molecule has 2 heterocycles. The van der Waals surface area contributed by atoms with Gasteiger partial charge >= 0.3 is 6.61 Å². The summed E-state index contributed by atoms with van der Waals surface area (Å²) in [4.78, 5) is 11.9. The van der Waals surface area contributed by atoms with E-state index in [0.29, 0.717) is 6.42 Å². The summed E-state index contributed by atoms with van der Waals surface area (Å²) in [6.45, 7) is -3.01. The SMILES string of the molecule is O=C(N[C@@H]1CCS(=O)(=O)C1)c1sccc1OC(F)F. The highest BCUT2D eigenvalue weighted by atomic mass is 32.2. The molecule has 1 fully saturated rings. The van der Waals surface area contributed by atoms with Crippen molar-refractivity contribution in [3.63, 3.8) is 0 Å². The molecule has 1 saturated heterocycles. The number of amides is 1. The maximum absolute atomic E-state index is 12.1. The van der Waals surface area contributed by atoms with E-state index in [-0.39, 0.29) is 22.1 Å². The molecule has 1 amide bonds. The Balaban J connectivity index is 2.03. The van der Waals surface area contributed by atoms with Gasteiger partial charge in [0.25, 0.3) is 5.91 Å². The van der Waals surface area contributed by atoms with Gasteiger partial charge in [0, 0.05) is 6.04 Å². The number of hydrogen-bond donors (Lipinski definition) is 1. The number of carbonyl (C=O) groups is 1. The molecule has 1 aromatic rings. The number of hydrogen-bond acceptors (Lipinski definition) is 5. The third kappa shape index (κ3) is 3.63. The van der Waals surface area contributed by atoms with Crippen molar-refractivity contribution in [2.75, 3.05) is 11.5 Å². The zero-order valence-electron chi connectivity index (χ0n) is 9.64. The Kier molecular flexibility index (Phi) is 4.04. The van der Waals surface area contributed by atoms with E-state index in [1.54, 1.807) is 0 Å². The fraction of sp³-hybridized carbons (Fsp3) is 0.500. The quantitative estimate of drug-likeness (QED) is 0.909. The Morgan fingerprint density at radius 3 is 2.84 bits per heavy atom. The van der Waals surface area contributed by atoms with Crippen molar-refractivity contribution in [2.45, 2.75) is 19.1 Å². The van der Waals surface area contributed by atoms with Gasteiger partial charge in [-0.2, -0.15) is 8.78 Å². The van der Waals surface area contributed by atoms with Crippen molar-refractivity contribution in [3.05, 3.63) is 16.3 Å². The minimum atomic E-state index is -3.10. The van der Waals surface area contributed by atoms with Gasteiger partial charge in [-0.05, 0) is 17.9 Å². The van der Waals surface area contributed by atoms with Gasteiger partial charge in [-0.3, -0.25) is 4.79 Å². The number of ether oxygens (including phenoxy) is 1. The van der Waals surface area contributed by atoms with Gasteiger partial charge in [-0.1, -0.05) is 0 Å². The number of nitrogens with one attached hydrogen (secondary N) is 1. The van der Waals surface area contributed by atoms with Gasteiger partial charge in [0.2, 0.25) is 0 Å². The molecule has 1 atom stereocenters. The van der Waals surface area contributed by atoms with Crippen molar-refractivity contribution >= 4 is 27.1 Å². The number of halogens is 2. The highest BCUT2D eigenvalue weighted by Gasteiger charge is 2.30. The lowest BCUT2D eigenvalue weighted by molar-refractivity contribution is -0.0498. The van der Waals surface area contributed by atoms with Crippen molar-refractivity contribution in [1.29, 1.82) is 0 Å². The number of rotatable bonds is 4. The number of sulfone groups is 1. The summed E-state index contributed by atoms with van der Waals surface area (Å²) < 4.78 is 50.9. The molecule has 0 unspecified atom stereocenters. The van der Waals surface area contributed by atoms with Crippen LogP contribution in [-0.4, -0.2) is 38.5 Å². The number of thiophene rings is 1. The minimum Gasteiger partial charge on any atom is -0.433 e. The molecule has 0 aliphatic carbocycles. The van der Waals surface area contributed by atoms with Crippen LogP contribution in [0.2, 0.25) is 0 Å². The van der Waals surface area contributed by atoms with Crippen LogP contribution in [0.5, 0.6) is 5.75 Å². The summed E-state index contributed by atoms with van der Waals surface area (Å²) in [5.74, 6) is -0.871. The van der Waals surface area contributed by atoms with Gasteiger partial charge < -0.3 is 10.1 Å². The summed E-state index contributed by atoms with van der Waals surface area (Å²) in [6.07, 6.45) is 0.338. The molecule has 1 N–H and O–H groups in total. The lowest BCUT2D eigenvalue weighted by Gasteiger charge is -2.11. The van der Waals surface area contributed by atoms with Crippen LogP contribution in [0.15, 0.2) is 11.4 Å². The molecule has 106 valence electrons. The maximum Gasteiger partial charge on any atom is 0.387 e. The first-order valence-corrected chi connectivity index (χ1v) is 8.11. The summed E-state index contributed by atoms with van der Waals surface area (Å²) in [7, 11) is -3.10. The standard InChI is InChI=1S/C10H11F2NO4S2/c11-10(12)17-7-1-3-18-8(7)9(14)13-6-2-4-19(15,16)5-6/h1,3,6,10H,2,4-5H2,(H,13,14)/t6-/m1/s1. The first kappa shape index (κ1) is 14.2. The Morgan fingerprint density at radius 1 is 1.53 bits per heavy atom. The Morgan fingerprint density at radius 2 is 2.26 bits per heavy atom. The molecule has 0 bridgehead atoms. The summed E-state index contributed by atoms with van der Waals surface area (Å²) >= 11 is 0.963. The molecular weight excluding hydrogens is 300 g/mol. The van der Waals surface area contributed by atoms with E-state index in [2.05, 4.69) is 10.1 Å². The summed E-state index contributed by atoms with van der Waals surface area (Å²) in [5, 5.41) is 3.97. The molecule has 5 nitrogen and oxygen atoms in total.